The lowest BCUT2D eigenvalue weighted by Gasteiger charge is -2.02. The molecule has 1 aliphatic rings. The summed E-state index contributed by atoms with van der Waals surface area (Å²) >= 11 is 1.52. The van der Waals surface area contributed by atoms with Crippen LogP contribution < -0.4 is 5.32 Å². The molecule has 16 heavy (non-hydrogen) atoms. The molecule has 1 aromatic rings. The number of nitrogens with one attached hydrogen (secondary N) is 1. The monoisotopic (exact) mass is 240 g/mol. The Kier molecular flexibility index (Phi) is 3.19. The van der Waals surface area contributed by atoms with Crippen LogP contribution in [0.1, 0.15) is 12.1 Å². The minimum Gasteiger partial charge on any atom is -0.481 e. The Morgan fingerprint density at radius 2 is 2.38 bits per heavy atom. The molecule has 2 rings (SSSR count). The Labute approximate surface area is 96.5 Å². The summed E-state index contributed by atoms with van der Waals surface area (Å²) < 4.78 is 0. The van der Waals surface area contributed by atoms with Gasteiger partial charge in [-0.1, -0.05) is 0 Å². The number of carboxylic acid groups (broad SMARTS) is 1. The van der Waals surface area contributed by atoms with Crippen LogP contribution in [-0.2, 0) is 16.0 Å². The Hall–Kier alpha value is -1.43. The first kappa shape index (κ1) is 11.1. The van der Waals surface area contributed by atoms with Crippen molar-refractivity contribution in [2.45, 2.75) is 12.8 Å². The molecule has 0 saturated heterocycles. The molecule has 5 nitrogen and oxygen atoms in total. The predicted octanol–water partition coefficient (Wildman–Crippen LogP) is 0.522. The Balaban J connectivity index is 1.68. The van der Waals surface area contributed by atoms with Crippen LogP contribution >= 0.6 is 11.3 Å². The maximum Gasteiger partial charge on any atom is 0.307 e. The lowest BCUT2D eigenvalue weighted by Crippen LogP contribution is -2.28. The molecule has 0 aromatic carbocycles. The smallest absolute Gasteiger partial charge is 0.307 e. The molecule has 1 aliphatic carbocycles. The van der Waals surface area contributed by atoms with Crippen molar-refractivity contribution in [3.63, 3.8) is 0 Å². The van der Waals surface area contributed by atoms with Crippen molar-refractivity contribution < 1.29 is 14.7 Å². The van der Waals surface area contributed by atoms with E-state index in [2.05, 4.69) is 10.3 Å². The van der Waals surface area contributed by atoms with E-state index in [4.69, 9.17) is 5.11 Å². The first-order chi connectivity index (χ1) is 7.68. The second-order valence-electron chi connectivity index (χ2n) is 3.81. The fourth-order valence-corrected chi connectivity index (χ4v) is 2.16. The second kappa shape index (κ2) is 4.61. The summed E-state index contributed by atoms with van der Waals surface area (Å²) in [6.45, 7) is 0.519. The van der Waals surface area contributed by atoms with Gasteiger partial charge in [0.2, 0.25) is 5.91 Å². The van der Waals surface area contributed by atoms with Crippen molar-refractivity contribution in [2.24, 2.45) is 11.8 Å². The standard InChI is InChI=1S/C10H12N2O3S/c13-9(7-3-8(7)10(14)15)11-2-1-6-4-16-5-12-6/h4-5,7-8H,1-3H2,(H,11,13)(H,14,15)/t7-,8+/m1/s1. The molecule has 2 atom stereocenters. The number of amides is 1. The molecular weight excluding hydrogens is 228 g/mol. The molecule has 1 heterocycles. The summed E-state index contributed by atoms with van der Waals surface area (Å²) in [6.07, 6.45) is 1.16. The van der Waals surface area contributed by atoms with Crippen molar-refractivity contribution >= 4 is 23.2 Å². The molecule has 1 saturated carbocycles. The summed E-state index contributed by atoms with van der Waals surface area (Å²) in [7, 11) is 0. The number of aliphatic carboxylic acids is 1. The van der Waals surface area contributed by atoms with Crippen LogP contribution in [0.25, 0.3) is 0 Å². The van der Waals surface area contributed by atoms with Crippen LogP contribution in [0.5, 0.6) is 0 Å². The van der Waals surface area contributed by atoms with Crippen molar-refractivity contribution in [3.05, 3.63) is 16.6 Å². The van der Waals surface area contributed by atoms with Gasteiger partial charge in [0.1, 0.15) is 0 Å². The van der Waals surface area contributed by atoms with Crippen LogP contribution in [0, 0.1) is 11.8 Å². The van der Waals surface area contributed by atoms with E-state index in [9.17, 15) is 9.59 Å². The maximum absolute atomic E-state index is 11.5. The number of hydrogen-bond donors (Lipinski definition) is 2. The number of thiazole rings is 1. The third kappa shape index (κ3) is 2.57. The van der Waals surface area contributed by atoms with Crippen LogP contribution in [0.2, 0.25) is 0 Å². The molecule has 2 N–H and O–H groups in total. The van der Waals surface area contributed by atoms with Crippen LogP contribution in [-0.4, -0.2) is 28.5 Å². The fraction of sp³-hybridized carbons (Fsp3) is 0.500. The summed E-state index contributed by atoms with van der Waals surface area (Å²) in [5.74, 6) is -1.82. The molecule has 0 unspecified atom stereocenters. The molecule has 0 aliphatic heterocycles. The van der Waals surface area contributed by atoms with Gasteiger partial charge in [-0.25, -0.2) is 4.98 Å². The average molecular weight is 240 g/mol. The highest BCUT2D eigenvalue weighted by atomic mass is 32.1. The van der Waals surface area contributed by atoms with E-state index in [0.29, 0.717) is 19.4 Å². The highest BCUT2D eigenvalue weighted by Gasteiger charge is 2.48. The number of aromatic nitrogens is 1. The Morgan fingerprint density at radius 1 is 1.56 bits per heavy atom. The second-order valence-corrected chi connectivity index (χ2v) is 4.53. The van der Waals surface area contributed by atoms with Crippen LogP contribution in [0.3, 0.4) is 0 Å². The quantitative estimate of drug-likeness (QED) is 0.786. The normalized spacial score (nSPS) is 22.8. The van der Waals surface area contributed by atoms with Crippen molar-refractivity contribution in [3.8, 4) is 0 Å². The lowest BCUT2D eigenvalue weighted by atomic mass is 10.3. The zero-order valence-corrected chi connectivity index (χ0v) is 9.37. The van der Waals surface area contributed by atoms with Crippen LogP contribution in [0.4, 0.5) is 0 Å². The van der Waals surface area contributed by atoms with Gasteiger partial charge in [-0.3, -0.25) is 9.59 Å². The van der Waals surface area contributed by atoms with E-state index in [1.54, 1.807) is 5.51 Å². The van der Waals surface area contributed by atoms with Gasteiger partial charge in [0.05, 0.1) is 23.0 Å². The van der Waals surface area contributed by atoms with E-state index in [1.165, 1.54) is 11.3 Å². The number of carboxylic acids is 1. The highest BCUT2D eigenvalue weighted by molar-refractivity contribution is 7.07. The van der Waals surface area contributed by atoms with Crippen LogP contribution in [0.15, 0.2) is 10.9 Å². The third-order valence-corrected chi connectivity index (χ3v) is 3.24. The van der Waals surface area contributed by atoms with Gasteiger partial charge < -0.3 is 10.4 Å². The summed E-state index contributed by atoms with van der Waals surface area (Å²) in [6, 6.07) is 0. The topological polar surface area (TPSA) is 79.3 Å². The van der Waals surface area contributed by atoms with Crippen molar-refractivity contribution in [1.82, 2.24) is 10.3 Å². The molecule has 6 heteroatoms. The van der Waals surface area contributed by atoms with Gasteiger partial charge >= 0.3 is 5.97 Å². The van der Waals surface area contributed by atoms with E-state index in [0.717, 1.165) is 5.69 Å². The molecular formula is C10H12N2O3S. The number of nitrogens with zero attached hydrogens (tertiary/aromatic N) is 1. The van der Waals surface area contributed by atoms with Crippen molar-refractivity contribution in [2.75, 3.05) is 6.54 Å². The van der Waals surface area contributed by atoms with E-state index in [1.807, 2.05) is 5.38 Å². The predicted molar refractivity (Wildman–Crippen MR) is 58.1 cm³/mol. The minimum atomic E-state index is -0.875. The molecule has 0 bridgehead atoms. The highest BCUT2D eigenvalue weighted by Crippen LogP contribution is 2.38. The van der Waals surface area contributed by atoms with Crippen molar-refractivity contribution in [1.29, 1.82) is 0 Å². The minimum absolute atomic E-state index is 0.150. The summed E-state index contributed by atoms with van der Waals surface area (Å²) in [5, 5.41) is 13.3. The first-order valence-corrected chi connectivity index (χ1v) is 6.00. The zero-order chi connectivity index (χ0) is 11.5. The zero-order valence-electron chi connectivity index (χ0n) is 8.55. The molecule has 0 radical (unpaired) electrons. The number of hydrogen-bond acceptors (Lipinski definition) is 4. The number of carbonyl (C=O) groups excluding carboxylic acids is 1. The van der Waals surface area contributed by atoms with E-state index >= 15 is 0 Å². The molecule has 0 spiro atoms. The average Bonchev–Trinajstić information content (AvgIpc) is 2.90. The van der Waals surface area contributed by atoms with E-state index in [-0.39, 0.29) is 11.8 Å². The van der Waals surface area contributed by atoms with Gasteiger partial charge in [0, 0.05) is 18.3 Å². The first-order valence-electron chi connectivity index (χ1n) is 5.06. The van der Waals surface area contributed by atoms with Gasteiger partial charge in [0.15, 0.2) is 0 Å². The van der Waals surface area contributed by atoms with E-state index < -0.39 is 11.9 Å². The maximum atomic E-state index is 11.5. The number of carbonyl (C=O) groups is 2. The summed E-state index contributed by atoms with van der Waals surface area (Å²) in [4.78, 5) is 26.1. The van der Waals surface area contributed by atoms with Gasteiger partial charge in [-0.05, 0) is 6.42 Å². The van der Waals surface area contributed by atoms with Gasteiger partial charge in [-0.2, -0.15) is 0 Å². The van der Waals surface area contributed by atoms with Gasteiger partial charge in [0.25, 0.3) is 0 Å². The number of rotatable bonds is 5. The fourth-order valence-electron chi connectivity index (χ4n) is 1.56. The SMILES string of the molecule is O=C(O)[C@H]1C[C@H]1C(=O)NCCc1cscn1. The Bertz CT molecular complexity index is 391. The summed E-state index contributed by atoms with van der Waals surface area (Å²) in [5.41, 5.74) is 2.70. The molecule has 1 fully saturated rings. The molecule has 86 valence electrons. The molecule has 1 amide bonds. The Morgan fingerprint density at radius 3 is 2.94 bits per heavy atom. The lowest BCUT2D eigenvalue weighted by molar-refractivity contribution is -0.140. The molecule has 1 aromatic heterocycles. The largest absolute Gasteiger partial charge is 0.481 e. The van der Waals surface area contributed by atoms with Gasteiger partial charge in [-0.15, -0.1) is 11.3 Å². The third-order valence-electron chi connectivity index (χ3n) is 2.61.